The number of nitrogens with zero attached hydrogens (tertiary/aromatic N) is 2. The predicted molar refractivity (Wildman–Crippen MR) is 112 cm³/mol. The van der Waals surface area contributed by atoms with Crippen LogP contribution in [-0.4, -0.2) is 35.5 Å². The van der Waals surface area contributed by atoms with E-state index in [0.717, 1.165) is 10.9 Å². The van der Waals surface area contributed by atoms with Gasteiger partial charge in [-0.1, -0.05) is 42.5 Å². The average molecular weight is 471 g/mol. The van der Waals surface area contributed by atoms with Crippen LogP contribution in [-0.2, 0) is 20.6 Å². The number of halogens is 3. The average Bonchev–Trinajstić information content (AvgIpc) is 2.67. The maximum Gasteiger partial charge on any atom is 0.490 e. The van der Waals surface area contributed by atoms with Gasteiger partial charge in [-0.2, -0.15) is 18.3 Å². The first-order chi connectivity index (χ1) is 14.7. The van der Waals surface area contributed by atoms with Crippen molar-refractivity contribution in [3.63, 3.8) is 0 Å². The molecule has 0 spiro atoms. The fourth-order valence-electron chi connectivity index (χ4n) is 2.76. The second-order valence-electron chi connectivity index (χ2n) is 7.04. The van der Waals surface area contributed by atoms with Crippen molar-refractivity contribution in [1.29, 1.82) is 0 Å². The lowest BCUT2D eigenvalue weighted by molar-refractivity contribution is -0.192. The molecule has 3 rings (SSSR count). The van der Waals surface area contributed by atoms with Crippen molar-refractivity contribution in [2.45, 2.75) is 31.8 Å². The van der Waals surface area contributed by atoms with Gasteiger partial charge in [0.05, 0.1) is 22.9 Å². The van der Waals surface area contributed by atoms with Gasteiger partial charge in [-0.15, -0.1) is 0 Å². The van der Waals surface area contributed by atoms with Gasteiger partial charge in [0.1, 0.15) is 0 Å². The number of nitrogens with two attached hydrogens (primary N) is 1. The zero-order valence-corrected chi connectivity index (χ0v) is 17.8. The number of carboxylic acid groups (broad SMARTS) is 1. The quantitative estimate of drug-likeness (QED) is 0.601. The summed E-state index contributed by atoms with van der Waals surface area (Å²) >= 11 is 0. The van der Waals surface area contributed by atoms with Crippen molar-refractivity contribution in [2.75, 3.05) is 0 Å². The van der Waals surface area contributed by atoms with Gasteiger partial charge in [-0.3, -0.25) is 4.79 Å². The molecule has 3 N–H and O–H groups in total. The number of carbonyl (C=O) groups is 1. The van der Waals surface area contributed by atoms with E-state index < -0.39 is 22.2 Å². The molecule has 1 heterocycles. The number of carboxylic acids is 1. The van der Waals surface area contributed by atoms with Crippen molar-refractivity contribution >= 4 is 26.8 Å². The fraction of sp³-hybridized carbons (Fsp3) is 0.250. The molecular formula is C20H20F3N3O5S. The van der Waals surface area contributed by atoms with E-state index in [1.807, 2.05) is 32.0 Å². The first kappa shape index (κ1) is 25.0. The summed E-state index contributed by atoms with van der Waals surface area (Å²) < 4.78 is 55.6. The third-order valence-electron chi connectivity index (χ3n) is 4.16. The summed E-state index contributed by atoms with van der Waals surface area (Å²) in [5.41, 5.74) is 1.97. The second kappa shape index (κ2) is 9.49. The lowest BCUT2D eigenvalue weighted by Gasteiger charge is -2.14. The Morgan fingerprint density at radius 3 is 2.03 bits per heavy atom. The monoisotopic (exact) mass is 471 g/mol. The Balaban J connectivity index is 0.000000451. The van der Waals surface area contributed by atoms with E-state index in [2.05, 4.69) is 5.10 Å². The predicted octanol–water partition coefficient (Wildman–Crippen LogP) is 3.07. The third kappa shape index (κ3) is 6.37. The van der Waals surface area contributed by atoms with Gasteiger partial charge in [0, 0.05) is 10.9 Å². The zero-order chi connectivity index (χ0) is 24.3. The third-order valence-corrected chi connectivity index (χ3v) is 4.89. The van der Waals surface area contributed by atoms with Crippen LogP contribution in [0.25, 0.3) is 22.0 Å². The number of aromatic nitrogens is 2. The van der Waals surface area contributed by atoms with Gasteiger partial charge in [0.25, 0.3) is 5.56 Å². The van der Waals surface area contributed by atoms with E-state index in [0.29, 0.717) is 16.6 Å². The molecule has 0 aliphatic rings. The summed E-state index contributed by atoms with van der Waals surface area (Å²) in [6.45, 7) is 3.81. The van der Waals surface area contributed by atoms with Crippen LogP contribution in [0.4, 0.5) is 13.2 Å². The summed E-state index contributed by atoms with van der Waals surface area (Å²) in [4.78, 5) is 21.5. The molecule has 0 atom stereocenters. The summed E-state index contributed by atoms with van der Waals surface area (Å²) in [5, 5.41) is 18.1. The Hall–Kier alpha value is -3.25. The molecule has 0 amide bonds. The number of rotatable bonds is 4. The number of fused-ring (bicyclic) bond motifs is 1. The number of sulfonamides is 1. The minimum absolute atomic E-state index is 0.0717. The summed E-state index contributed by atoms with van der Waals surface area (Å²) in [6, 6.07) is 14.3. The van der Waals surface area contributed by atoms with Crippen LogP contribution < -0.4 is 10.7 Å². The van der Waals surface area contributed by atoms with Crippen molar-refractivity contribution in [2.24, 2.45) is 5.14 Å². The van der Waals surface area contributed by atoms with Crippen LogP contribution in [0.5, 0.6) is 0 Å². The zero-order valence-electron chi connectivity index (χ0n) is 17.0. The molecular weight excluding hydrogens is 451 g/mol. The van der Waals surface area contributed by atoms with E-state index in [4.69, 9.17) is 15.0 Å². The Labute approximate surface area is 181 Å². The number of primary sulfonamides is 1. The van der Waals surface area contributed by atoms with E-state index in [-0.39, 0.29) is 17.4 Å². The highest BCUT2D eigenvalue weighted by molar-refractivity contribution is 7.88. The first-order valence-electron chi connectivity index (χ1n) is 9.12. The number of benzene rings is 2. The summed E-state index contributed by atoms with van der Waals surface area (Å²) in [6.07, 6.45) is -5.08. The molecule has 2 aromatic carbocycles. The lowest BCUT2D eigenvalue weighted by atomic mass is 10.0. The Morgan fingerprint density at radius 1 is 1.09 bits per heavy atom. The van der Waals surface area contributed by atoms with Gasteiger partial charge in [-0.05, 0) is 25.5 Å². The fourth-order valence-corrected chi connectivity index (χ4v) is 3.42. The molecule has 172 valence electrons. The standard InChI is InChI=1S/C18H19N3O3S.C2HF3O2/c1-12(2)21-18(22)16-6-4-3-5-15(16)17(20-21)14-9-7-13(8-10-14)11-25(19,23)24;3-2(4,5)1(6)7/h3-10,12H,11H2,1-2H3,(H2,19,23,24);(H,6,7). The largest absolute Gasteiger partial charge is 0.490 e. The van der Waals surface area contributed by atoms with Gasteiger partial charge in [-0.25, -0.2) is 23.0 Å². The van der Waals surface area contributed by atoms with Gasteiger partial charge in [0.2, 0.25) is 10.0 Å². The maximum atomic E-state index is 12.6. The number of hydrogen-bond acceptors (Lipinski definition) is 5. The Morgan fingerprint density at radius 2 is 1.59 bits per heavy atom. The highest BCUT2D eigenvalue weighted by Crippen LogP contribution is 2.25. The van der Waals surface area contributed by atoms with Crippen molar-refractivity contribution in [3.05, 3.63) is 64.4 Å². The van der Waals surface area contributed by atoms with Crippen LogP contribution >= 0.6 is 0 Å². The number of hydrogen-bond donors (Lipinski definition) is 2. The smallest absolute Gasteiger partial charge is 0.475 e. The molecule has 0 saturated heterocycles. The van der Waals surface area contributed by atoms with Crippen molar-refractivity contribution in [1.82, 2.24) is 9.78 Å². The topological polar surface area (TPSA) is 132 Å². The molecule has 32 heavy (non-hydrogen) atoms. The van der Waals surface area contributed by atoms with E-state index in [1.54, 1.807) is 30.3 Å². The molecule has 12 heteroatoms. The first-order valence-corrected chi connectivity index (χ1v) is 10.8. The maximum absolute atomic E-state index is 12.6. The van der Waals surface area contributed by atoms with E-state index in [1.165, 1.54) is 4.68 Å². The molecule has 0 radical (unpaired) electrons. The van der Waals surface area contributed by atoms with E-state index in [9.17, 15) is 26.4 Å². The van der Waals surface area contributed by atoms with Gasteiger partial charge >= 0.3 is 12.1 Å². The van der Waals surface area contributed by atoms with Crippen molar-refractivity contribution < 1.29 is 31.5 Å². The number of aliphatic carboxylic acids is 1. The summed E-state index contributed by atoms with van der Waals surface area (Å²) in [7, 11) is -3.57. The minimum Gasteiger partial charge on any atom is -0.475 e. The van der Waals surface area contributed by atoms with Crippen molar-refractivity contribution in [3.8, 4) is 11.3 Å². The lowest BCUT2D eigenvalue weighted by Crippen LogP contribution is -2.25. The van der Waals surface area contributed by atoms with Crippen LogP contribution in [0.3, 0.4) is 0 Å². The van der Waals surface area contributed by atoms with Crippen LogP contribution in [0, 0.1) is 0 Å². The molecule has 0 bridgehead atoms. The molecule has 0 saturated carbocycles. The van der Waals surface area contributed by atoms with Gasteiger partial charge < -0.3 is 5.11 Å². The Kier molecular flexibility index (Phi) is 7.42. The molecule has 0 fully saturated rings. The van der Waals surface area contributed by atoms with Gasteiger partial charge in [0.15, 0.2) is 0 Å². The summed E-state index contributed by atoms with van der Waals surface area (Å²) in [5.74, 6) is -2.97. The Bertz CT molecular complexity index is 1280. The molecule has 0 aliphatic heterocycles. The molecule has 0 unspecified atom stereocenters. The number of alkyl halides is 3. The van der Waals surface area contributed by atoms with Crippen LogP contribution in [0.2, 0.25) is 0 Å². The molecule has 1 aromatic heterocycles. The normalized spacial score (nSPS) is 11.8. The SMILES string of the molecule is CC(C)n1nc(-c2ccc(CS(N)(=O)=O)cc2)c2ccccc2c1=O.O=C(O)C(F)(F)F. The van der Waals surface area contributed by atoms with Crippen LogP contribution in [0.15, 0.2) is 53.3 Å². The highest BCUT2D eigenvalue weighted by atomic mass is 32.2. The highest BCUT2D eigenvalue weighted by Gasteiger charge is 2.38. The second-order valence-corrected chi connectivity index (χ2v) is 8.66. The molecule has 8 nitrogen and oxygen atoms in total. The molecule has 3 aromatic rings. The van der Waals surface area contributed by atoms with E-state index >= 15 is 0 Å². The molecule has 0 aliphatic carbocycles. The minimum atomic E-state index is -5.08. The van der Waals surface area contributed by atoms with Crippen LogP contribution in [0.1, 0.15) is 25.5 Å².